The van der Waals surface area contributed by atoms with E-state index in [9.17, 15) is 14.7 Å². The van der Waals surface area contributed by atoms with Crippen LogP contribution in [0.4, 0.5) is 5.69 Å². The number of aromatic nitrogens is 2. The molecule has 6 nitrogen and oxygen atoms in total. The standard InChI is InChI=1S/C39H36ClN3O3.Na/c1-4-5-8-27-15-17-29(18-16-27)30-19-20-34-35(23-30)42(24-28-9-6-11-32(40)21-28)37(39(45)46)36(34)41-38(44)31-10-7-12-33(22-31)43-25(2)13-14-26(43)3;/h6-7,9-23H,4-5,8,24H2,1-3H3,(H,41,44)(H,45,46);/q;+1/p-1. The van der Waals surface area contributed by atoms with Crippen molar-refractivity contribution in [3.05, 3.63) is 142 Å². The first-order valence-corrected chi connectivity index (χ1v) is 15.9. The van der Waals surface area contributed by atoms with E-state index < -0.39 is 11.9 Å². The van der Waals surface area contributed by atoms with Crippen molar-refractivity contribution in [1.82, 2.24) is 9.13 Å². The van der Waals surface area contributed by atoms with Gasteiger partial charge in [0.05, 0.1) is 22.9 Å². The second kappa shape index (κ2) is 14.8. The predicted molar refractivity (Wildman–Crippen MR) is 184 cm³/mol. The molecule has 0 saturated heterocycles. The summed E-state index contributed by atoms with van der Waals surface area (Å²) in [6, 6.07) is 32.9. The molecule has 0 aliphatic heterocycles. The van der Waals surface area contributed by atoms with Gasteiger partial charge in [-0.25, -0.2) is 0 Å². The number of fused-ring (bicyclic) bond motifs is 1. The molecule has 0 atom stereocenters. The minimum atomic E-state index is -1.39. The average Bonchev–Trinajstić information content (AvgIpc) is 3.55. The first-order valence-electron chi connectivity index (χ1n) is 15.5. The van der Waals surface area contributed by atoms with E-state index in [1.165, 1.54) is 5.56 Å². The second-order valence-corrected chi connectivity index (χ2v) is 12.2. The third-order valence-electron chi connectivity index (χ3n) is 8.47. The van der Waals surface area contributed by atoms with E-state index in [-0.39, 0.29) is 47.5 Å². The number of unbranched alkanes of at least 4 members (excludes halogenated alkanes) is 1. The van der Waals surface area contributed by atoms with Crippen molar-refractivity contribution in [2.24, 2.45) is 0 Å². The van der Waals surface area contributed by atoms with Crippen LogP contribution in [0.1, 0.15) is 63.1 Å². The van der Waals surface area contributed by atoms with Crippen LogP contribution in [0.3, 0.4) is 0 Å². The molecule has 0 aliphatic carbocycles. The first kappa shape index (κ1) is 34.3. The summed E-state index contributed by atoms with van der Waals surface area (Å²) in [5.41, 5.74) is 8.16. The molecule has 0 fully saturated rings. The first-order chi connectivity index (χ1) is 22.2. The molecule has 6 rings (SSSR count). The van der Waals surface area contributed by atoms with Gasteiger partial charge in [-0.2, -0.15) is 0 Å². The van der Waals surface area contributed by atoms with E-state index in [2.05, 4.69) is 41.1 Å². The number of carbonyl (C=O) groups excluding carboxylic acids is 2. The number of benzene rings is 4. The molecule has 0 bridgehead atoms. The van der Waals surface area contributed by atoms with E-state index in [1.807, 2.05) is 68.4 Å². The molecule has 1 amide bonds. The molecule has 232 valence electrons. The van der Waals surface area contributed by atoms with Gasteiger partial charge in [0.1, 0.15) is 0 Å². The maximum Gasteiger partial charge on any atom is 1.00 e. The number of nitrogens with one attached hydrogen (secondary N) is 1. The Labute approximate surface area is 302 Å². The molecular formula is C39H35ClN3NaO3. The smallest absolute Gasteiger partial charge is 0.543 e. The average molecular weight is 652 g/mol. The summed E-state index contributed by atoms with van der Waals surface area (Å²) in [5, 5.41) is 16.9. The number of aryl methyl sites for hydroxylation is 3. The fourth-order valence-corrected chi connectivity index (χ4v) is 6.36. The molecule has 0 aliphatic rings. The summed E-state index contributed by atoms with van der Waals surface area (Å²) >= 11 is 6.30. The van der Waals surface area contributed by atoms with Crippen molar-refractivity contribution in [3.8, 4) is 16.8 Å². The van der Waals surface area contributed by atoms with Gasteiger partial charge in [0.2, 0.25) is 0 Å². The molecule has 8 heteroatoms. The Morgan fingerprint density at radius 3 is 2.19 bits per heavy atom. The van der Waals surface area contributed by atoms with Gasteiger partial charge in [0.15, 0.2) is 0 Å². The van der Waals surface area contributed by atoms with Crippen molar-refractivity contribution in [1.29, 1.82) is 0 Å². The van der Waals surface area contributed by atoms with Gasteiger partial charge in [0.25, 0.3) is 5.91 Å². The van der Waals surface area contributed by atoms with Crippen LogP contribution in [-0.4, -0.2) is 21.0 Å². The molecule has 0 saturated carbocycles. The van der Waals surface area contributed by atoms with Crippen LogP contribution >= 0.6 is 11.6 Å². The summed E-state index contributed by atoms with van der Waals surface area (Å²) in [6.07, 6.45) is 3.31. The Balaban J connectivity index is 0.00000433. The second-order valence-electron chi connectivity index (χ2n) is 11.7. The normalized spacial score (nSPS) is 11.0. The minimum Gasteiger partial charge on any atom is -0.543 e. The summed E-state index contributed by atoms with van der Waals surface area (Å²) in [4.78, 5) is 26.6. The quantitative estimate of drug-likeness (QED) is 0.202. The number of nitrogens with zero attached hydrogens (tertiary/aromatic N) is 2. The van der Waals surface area contributed by atoms with E-state index in [0.717, 1.165) is 53.0 Å². The third kappa shape index (κ3) is 7.26. The van der Waals surface area contributed by atoms with Gasteiger partial charge in [-0.3, -0.25) is 4.79 Å². The number of amides is 1. The molecular weight excluding hydrogens is 617 g/mol. The number of anilines is 1. The Morgan fingerprint density at radius 2 is 1.51 bits per heavy atom. The number of hydrogen-bond acceptors (Lipinski definition) is 3. The predicted octanol–water partition coefficient (Wildman–Crippen LogP) is 5.38. The molecule has 1 N–H and O–H groups in total. The number of hydrogen-bond donors (Lipinski definition) is 1. The topological polar surface area (TPSA) is 79.1 Å². The summed E-state index contributed by atoms with van der Waals surface area (Å²) in [5.74, 6) is -1.80. The van der Waals surface area contributed by atoms with Gasteiger partial charge in [-0.1, -0.05) is 79.5 Å². The molecule has 6 aromatic rings. The molecule has 47 heavy (non-hydrogen) atoms. The van der Waals surface area contributed by atoms with Gasteiger partial charge in [-0.05, 0) is 97.5 Å². The molecule has 0 unspecified atom stereocenters. The Bertz CT molecular complexity index is 2060. The van der Waals surface area contributed by atoms with Crippen LogP contribution in [0.15, 0.2) is 103 Å². The van der Waals surface area contributed by atoms with Gasteiger partial charge < -0.3 is 24.4 Å². The molecule has 4 aromatic carbocycles. The van der Waals surface area contributed by atoms with Crippen LogP contribution in [0.5, 0.6) is 0 Å². The van der Waals surface area contributed by atoms with Crippen LogP contribution in [-0.2, 0) is 13.0 Å². The van der Waals surface area contributed by atoms with Crippen LogP contribution < -0.4 is 40.0 Å². The molecule has 0 radical (unpaired) electrons. The van der Waals surface area contributed by atoms with Gasteiger partial charge in [0, 0.05) is 39.6 Å². The maximum absolute atomic E-state index is 13.8. The SMILES string of the molecule is CCCCc1ccc(-c2ccc3c(NC(=O)c4cccc(-n5c(C)ccc5C)c4)c(C(=O)[O-])n(Cc4cccc(Cl)c4)c3c2)cc1.[Na+]. The number of halogens is 1. The number of carboxylic acid groups (broad SMARTS) is 1. The van der Waals surface area contributed by atoms with E-state index >= 15 is 0 Å². The monoisotopic (exact) mass is 651 g/mol. The number of carboxylic acids is 1. The summed E-state index contributed by atoms with van der Waals surface area (Å²) in [6.45, 7) is 6.42. The van der Waals surface area contributed by atoms with Gasteiger partial charge >= 0.3 is 29.6 Å². The summed E-state index contributed by atoms with van der Waals surface area (Å²) < 4.78 is 3.76. The fourth-order valence-electron chi connectivity index (χ4n) is 6.14. The van der Waals surface area contributed by atoms with E-state index in [4.69, 9.17) is 11.6 Å². The Kier molecular flexibility index (Phi) is 10.8. The van der Waals surface area contributed by atoms with Crippen molar-refractivity contribution >= 4 is 40.1 Å². The maximum atomic E-state index is 13.8. The van der Waals surface area contributed by atoms with Crippen molar-refractivity contribution in [3.63, 3.8) is 0 Å². The van der Waals surface area contributed by atoms with Crippen molar-refractivity contribution in [2.75, 3.05) is 5.32 Å². The minimum absolute atomic E-state index is 0. The van der Waals surface area contributed by atoms with Crippen LogP contribution in [0.25, 0.3) is 27.7 Å². The zero-order valence-corrected chi connectivity index (χ0v) is 29.9. The van der Waals surface area contributed by atoms with Crippen molar-refractivity contribution in [2.45, 2.75) is 46.6 Å². The van der Waals surface area contributed by atoms with Gasteiger partial charge in [-0.15, -0.1) is 0 Å². The molecule has 2 heterocycles. The molecule has 2 aromatic heterocycles. The van der Waals surface area contributed by atoms with Crippen LogP contribution in [0.2, 0.25) is 5.02 Å². The zero-order chi connectivity index (χ0) is 32.4. The Hall–Kier alpha value is -4.07. The van der Waals surface area contributed by atoms with Crippen molar-refractivity contribution < 1.29 is 44.3 Å². The Morgan fingerprint density at radius 1 is 0.809 bits per heavy atom. The number of carbonyl (C=O) groups is 2. The summed E-state index contributed by atoms with van der Waals surface area (Å²) in [7, 11) is 0. The van der Waals surface area contributed by atoms with E-state index in [0.29, 0.717) is 21.5 Å². The largest absolute Gasteiger partial charge is 1.00 e. The number of rotatable bonds is 10. The zero-order valence-electron chi connectivity index (χ0n) is 27.1. The molecule has 0 spiro atoms. The third-order valence-corrected chi connectivity index (χ3v) is 8.71. The number of aromatic carboxylic acids is 1. The van der Waals surface area contributed by atoms with E-state index in [1.54, 1.807) is 28.8 Å². The van der Waals surface area contributed by atoms with Crippen LogP contribution in [0, 0.1) is 13.8 Å². The fraction of sp³-hybridized carbons (Fsp3) is 0.179.